The molecule has 0 aliphatic heterocycles. The molecular weight excluding hydrogens is 266 g/mol. The van der Waals surface area contributed by atoms with E-state index in [4.69, 9.17) is 4.74 Å². The predicted molar refractivity (Wildman–Crippen MR) is 82.8 cm³/mol. The van der Waals surface area contributed by atoms with Gasteiger partial charge in [0.05, 0.1) is 6.42 Å². The Morgan fingerprint density at radius 2 is 1.71 bits per heavy atom. The summed E-state index contributed by atoms with van der Waals surface area (Å²) in [6, 6.07) is 8.82. The molecule has 1 amide bonds. The first kappa shape index (κ1) is 17.2. The van der Waals surface area contributed by atoms with Gasteiger partial charge in [0, 0.05) is 0 Å². The summed E-state index contributed by atoms with van der Waals surface area (Å²) in [5.74, 6) is -0.593. The van der Waals surface area contributed by atoms with Crippen LogP contribution in [0.1, 0.15) is 40.2 Å². The van der Waals surface area contributed by atoms with Crippen LogP contribution in [0.4, 0.5) is 0 Å². The van der Waals surface area contributed by atoms with Crippen LogP contribution in [0, 0.1) is 5.92 Å². The fourth-order valence-corrected chi connectivity index (χ4v) is 1.87. The molecule has 0 aromatic heterocycles. The van der Waals surface area contributed by atoms with Gasteiger partial charge in [0.25, 0.3) is 0 Å². The molecule has 0 bridgehead atoms. The van der Waals surface area contributed by atoms with Gasteiger partial charge in [-0.2, -0.15) is 0 Å². The Bertz CT molecular complexity index is 475. The molecule has 0 radical (unpaired) electrons. The Morgan fingerprint density at radius 3 is 2.19 bits per heavy atom. The third kappa shape index (κ3) is 6.43. The highest BCUT2D eigenvalue weighted by atomic mass is 16.6. The van der Waals surface area contributed by atoms with Gasteiger partial charge in [-0.15, -0.1) is 0 Å². The molecule has 4 nitrogen and oxygen atoms in total. The number of rotatable bonds is 5. The lowest BCUT2D eigenvalue weighted by atomic mass is 10.0. The number of ether oxygens (including phenoxy) is 1. The SMILES string of the molecule is CC(C)[C@H](NC(=O)Cc1ccccc1)C(=O)OC(C)(C)C. The van der Waals surface area contributed by atoms with Crippen LogP contribution >= 0.6 is 0 Å². The number of esters is 1. The number of carbonyl (C=O) groups is 2. The average Bonchev–Trinajstić information content (AvgIpc) is 2.34. The maximum atomic E-state index is 12.2. The van der Waals surface area contributed by atoms with Crippen molar-refractivity contribution in [2.24, 2.45) is 5.92 Å². The molecule has 4 heteroatoms. The number of benzene rings is 1. The van der Waals surface area contributed by atoms with E-state index in [1.807, 2.05) is 65.0 Å². The zero-order valence-corrected chi connectivity index (χ0v) is 13.5. The minimum atomic E-state index is -0.625. The molecule has 21 heavy (non-hydrogen) atoms. The van der Waals surface area contributed by atoms with Crippen LogP contribution in [0.2, 0.25) is 0 Å². The molecule has 1 aromatic rings. The number of nitrogens with one attached hydrogen (secondary N) is 1. The van der Waals surface area contributed by atoms with E-state index < -0.39 is 11.6 Å². The van der Waals surface area contributed by atoms with Crippen molar-refractivity contribution in [1.82, 2.24) is 5.32 Å². The van der Waals surface area contributed by atoms with Gasteiger partial charge < -0.3 is 10.1 Å². The lowest BCUT2D eigenvalue weighted by Crippen LogP contribution is -2.47. The van der Waals surface area contributed by atoms with Crippen LogP contribution in [-0.4, -0.2) is 23.5 Å². The summed E-state index contributed by atoms with van der Waals surface area (Å²) >= 11 is 0. The topological polar surface area (TPSA) is 55.4 Å². The molecule has 0 saturated carbocycles. The molecule has 1 aromatic carbocycles. The highest BCUT2D eigenvalue weighted by Crippen LogP contribution is 2.12. The highest BCUT2D eigenvalue weighted by Gasteiger charge is 2.29. The quantitative estimate of drug-likeness (QED) is 0.849. The maximum Gasteiger partial charge on any atom is 0.329 e. The van der Waals surface area contributed by atoms with Crippen LogP contribution in [0.3, 0.4) is 0 Å². The van der Waals surface area contributed by atoms with Crippen LogP contribution in [0.5, 0.6) is 0 Å². The van der Waals surface area contributed by atoms with Crippen molar-refractivity contribution in [3.63, 3.8) is 0 Å². The summed E-state index contributed by atoms with van der Waals surface area (Å²) in [5, 5.41) is 2.77. The fraction of sp³-hybridized carbons (Fsp3) is 0.529. The Hall–Kier alpha value is -1.84. The van der Waals surface area contributed by atoms with Gasteiger partial charge in [0.15, 0.2) is 0 Å². The fourth-order valence-electron chi connectivity index (χ4n) is 1.87. The minimum absolute atomic E-state index is 0.0282. The summed E-state index contributed by atoms with van der Waals surface area (Å²) < 4.78 is 5.36. The Kier molecular flexibility index (Phi) is 5.94. The third-order valence-electron chi connectivity index (χ3n) is 2.85. The van der Waals surface area contributed by atoms with Gasteiger partial charge in [0.2, 0.25) is 5.91 Å². The number of hydrogen-bond donors (Lipinski definition) is 1. The minimum Gasteiger partial charge on any atom is -0.458 e. The Morgan fingerprint density at radius 1 is 1.14 bits per heavy atom. The standard InChI is InChI=1S/C17H25NO3/c1-12(2)15(16(20)21-17(3,4)5)18-14(19)11-13-9-7-6-8-10-13/h6-10,12,15H,11H2,1-5H3,(H,18,19)/t15-/m0/s1. The molecule has 0 unspecified atom stereocenters. The van der Waals surface area contributed by atoms with Crippen LogP contribution in [-0.2, 0) is 20.7 Å². The number of carbonyl (C=O) groups excluding carboxylic acids is 2. The Balaban J connectivity index is 2.66. The lowest BCUT2D eigenvalue weighted by Gasteiger charge is -2.26. The molecule has 0 aliphatic rings. The average molecular weight is 291 g/mol. The second-order valence-electron chi connectivity index (χ2n) is 6.49. The second kappa shape index (κ2) is 7.25. The summed E-state index contributed by atoms with van der Waals surface area (Å²) in [6.45, 7) is 9.21. The normalized spacial score (nSPS) is 12.9. The monoisotopic (exact) mass is 291 g/mol. The first-order chi connectivity index (χ1) is 9.69. The van der Waals surface area contributed by atoms with Crippen molar-refractivity contribution in [3.8, 4) is 0 Å². The summed E-state index contributed by atoms with van der Waals surface area (Å²) in [7, 11) is 0. The molecule has 0 saturated heterocycles. The van der Waals surface area contributed by atoms with Gasteiger partial charge in [-0.05, 0) is 32.3 Å². The maximum absolute atomic E-state index is 12.2. The van der Waals surface area contributed by atoms with Crippen molar-refractivity contribution in [2.45, 2.75) is 52.7 Å². The van der Waals surface area contributed by atoms with Gasteiger partial charge in [-0.25, -0.2) is 4.79 Å². The zero-order valence-electron chi connectivity index (χ0n) is 13.5. The summed E-state index contributed by atoms with van der Waals surface area (Å²) in [4.78, 5) is 24.2. The molecule has 0 fully saturated rings. The highest BCUT2D eigenvalue weighted by molar-refractivity contribution is 5.86. The molecule has 1 atom stereocenters. The zero-order chi connectivity index (χ0) is 16.0. The second-order valence-corrected chi connectivity index (χ2v) is 6.49. The van der Waals surface area contributed by atoms with Crippen molar-refractivity contribution in [2.75, 3.05) is 0 Å². The van der Waals surface area contributed by atoms with Gasteiger partial charge >= 0.3 is 5.97 Å². The van der Waals surface area contributed by atoms with Gasteiger partial charge in [0.1, 0.15) is 11.6 Å². The van der Waals surface area contributed by atoms with Crippen molar-refractivity contribution in [3.05, 3.63) is 35.9 Å². The first-order valence-electron chi connectivity index (χ1n) is 7.25. The molecule has 0 aliphatic carbocycles. The van der Waals surface area contributed by atoms with E-state index in [0.29, 0.717) is 0 Å². The number of hydrogen-bond acceptors (Lipinski definition) is 3. The van der Waals surface area contributed by atoms with Crippen LogP contribution in [0.25, 0.3) is 0 Å². The molecule has 116 valence electrons. The largest absolute Gasteiger partial charge is 0.458 e. The third-order valence-corrected chi connectivity index (χ3v) is 2.85. The van der Waals surface area contributed by atoms with E-state index >= 15 is 0 Å². The molecule has 1 rings (SSSR count). The molecule has 1 N–H and O–H groups in total. The van der Waals surface area contributed by atoms with Gasteiger partial charge in [-0.3, -0.25) is 4.79 Å². The van der Waals surface area contributed by atoms with E-state index in [0.717, 1.165) is 5.56 Å². The van der Waals surface area contributed by atoms with Crippen molar-refractivity contribution >= 4 is 11.9 Å². The van der Waals surface area contributed by atoms with Crippen LogP contribution in [0.15, 0.2) is 30.3 Å². The van der Waals surface area contributed by atoms with Crippen molar-refractivity contribution < 1.29 is 14.3 Å². The Labute approximate surface area is 126 Å². The smallest absolute Gasteiger partial charge is 0.329 e. The molecular formula is C17H25NO3. The van der Waals surface area contributed by atoms with E-state index in [2.05, 4.69) is 5.32 Å². The first-order valence-corrected chi connectivity index (χ1v) is 7.25. The van der Waals surface area contributed by atoms with E-state index in [1.54, 1.807) is 0 Å². The predicted octanol–water partition coefficient (Wildman–Crippen LogP) is 2.71. The summed E-state index contributed by atoms with van der Waals surface area (Å²) in [6.07, 6.45) is 0.257. The van der Waals surface area contributed by atoms with Gasteiger partial charge in [-0.1, -0.05) is 44.2 Å². The van der Waals surface area contributed by atoms with Crippen molar-refractivity contribution in [1.29, 1.82) is 0 Å². The van der Waals surface area contributed by atoms with E-state index in [9.17, 15) is 9.59 Å². The lowest BCUT2D eigenvalue weighted by molar-refractivity contribution is -0.159. The van der Waals surface area contributed by atoms with Crippen LogP contribution < -0.4 is 5.32 Å². The summed E-state index contributed by atoms with van der Waals surface area (Å²) in [5.41, 5.74) is 0.357. The molecule has 0 heterocycles. The van der Waals surface area contributed by atoms with E-state index in [1.165, 1.54) is 0 Å². The van der Waals surface area contributed by atoms with E-state index in [-0.39, 0.29) is 24.2 Å². The molecule has 0 spiro atoms. The number of amides is 1.